The Morgan fingerprint density at radius 1 is 1.14 bits per heavy atom. The van der Waals surface area contributed by atoms with Gasteiger partial charge in [-0.25, -0.2) is 4.98 Å². The second-order valence-corrected chi connectivity index (χ2v) is 4.55. The van der Waals surface area contributed by atoms with E-state index in [9.17, 15) is 5.11 Å². The third-order valence-electron chi connectivity index (χ3n) is 3.31. The zero-order valence-corrected chi connectivity index (χ0v) is 11.7. The van der Waals surface area contributed by atoms with Gasteiger partial charge in [0.2, 0.25) is 0 Å². The van der Waals surface area contributed by atoms with Gasteiger partial charge in [0.1, 0.15) is 11.6 Å². The molecule has 0 atom stereocenters. The molecule has 1 heterocycles. The molecular weight excluding hydrogens is 270 g/mol. The molecule has 3 rings (SSSR count). The number of aromatic nitrogens is 2. The predicted molar refractivity (Wildman–Crippen MR) is 80.7 cm³/mol. The summed E-state index contributed by atoms with van der Waals surface area (Å²) in [6.45, 7) is 0. The first kappa shape index (κ1) is 13.1. The topological polar surface area (TPSA) is 93.4 Å². The maximum Gasteiger partial charge on any atom is 0.163 e. The van der Waals surface area contributed by atoms with Crippen molar-refractivity contribution in [3.05, 3.63) is 30.3 Å². The van der Waals surface area contributed by atoms with Gasteiger partial charge in [-0.15, -0.1) is 0 Å². The molecule has 0 bridgehead atoms. The molecule has 6 nitrogen and oxygen atoms in total. The molecule has 0 saturated carbocycles. The third-order valence-corrected chi connectivity index (χ3v) is 3.31. The molecule has 108 valence electrons. The molecule has 0 aliphatic carbocycles. The number of hydrogen-bond donors (Lipinski definition) is 3. The normalized spacial score (nSPS) is 10.8. The highest BCUT2D eigenvalue weighted by molar-refractivity contribution is 5.85. The van der Waals surface area contributed by atoms with Crippen molar-refractivity contribution in [2.24, 2.45) is 0 Å². The quantitative estimate of drug-likeness (QED) is 0.508. The number of ether oxygens (including phenoxy) is 2. The average Bonchev–Trinajstić information content (AvgIpc) is 2.90. The molecule has 0 aliphatic heterocycles. The van der Waals surface area contributed by atoms with Crippen LogP contribution in [0, 0.1) is 0 Å². The second kappa shape index (κ2) is 4.90. The van der Waals surface area contributed by atoms with Crippen LogP contribution in [0.3, 0.4) is 0 Å². The molecule has 0 aliphatic rings. The van der Waals surface area contributed by atoms with E-state index in [2.05, 4.69) is 9.97 Å². The number of imidazole rings is 1. The highest BCUT2D eigenvalue weighted by atomic mass is 16.5. The van der Waals surface area contributed by atoms with Gasteiger partial charge >= 0.3 is 0 Å². The molecule has 2 aromatic carbocycles. The molecule has 0 fully saturated rings. The van der Waals surface area contributed by atoms with Crippen LogP contribution in [-0.4, -0.2) is 29.3 Å². The minimum absolute atomic E-state index is 0.00971. The number of rotatable bonds is 3. The summed E-state index contributed by atoms with van der Waals surface area (Å²) in [5, 5.41) is 10.0. The van der Waals surface area contributed by atoms with Crippen molar-refractivity contribution in [3.8, 4) is 28.6 Å². The number of aromatic hydroxyl groups is 1. The minimum Gasteiger partial charge on any atom is -0.505 e. The monoisotopic (exact) mass is 285 g/mol. The zero-order valence-electron chi connectivity index (χ0n) is 11.7. The molecular formula is C15H15N3O3. The largest absolute Gasteiger partial charge is 0.505 e. The van der Waals surface area contributed by atoms with Crippen molar-refractivity contribution in [3.63, 3.8) is 0 Å². The van der Waals surface area contributed by atoms with E-state index in [1.54, 1.807) is 44.6 Å². The molecule has 0 spiro atoms. The van der Waals surface area contributed by atoms with E-state index < -0.39 is 0 Å². The van der Waals surface area contributed by atoms with Gasteiger partial charge in [0.15, 0.2) is 11.5 Å². The molecule has 0 saturated heterocycles. The zero-order chi connectivity index (χ0) is 15.0. The van der Waals surface area contributed by atoms with Crippen molar-refractivity contribution in [2.75, 3.05) is 20.0 Å². The number of methoxy groups -OCH3 is 2. The predicted octanol–water partition coefficient (Wildman–Crippen LogP) is 2.53. The maximum absolute atomic E-state index is 10.0. The number of aromatic amines is 1. The molecule has 6 heteroatoms. The van der Waals surface area contributed by atoms with Crippen molar-refractivity contribution in [1.29, 1.82) is 0 Å². The lowest BCUT2D eigenvalue weighted by Gasteiger charge is -2.06. The number of fused-ring (bicyclic) bond motifs is 1. The van der Waals surface area contributed by atoms with Crippen molar-refractivity contribution >= 4 is 16.7 Å². The van der Waals surface area contributed by atoms with Crippen LogP contribution in [0.15, 0.2) is 30.3 Å². The average molecular weight is 285 g/mol. The number of hydrogen-bond acceptors (Lipinski definition) is 5. The molecule has 0 amide bonds. The number of nitrogens with one attached hydrogen (secondary N) is 1. The van der Waals surface area contributed by atoms with Crippen molar-refractivity contribution in [2.45, 2.75) is 0 Å². The molecule has 1 aromatic heterocycles. The van der Waals surface area contributed by atoms with Gasteiger partial charge in [-0.05, 0) is 12.1 Å². The SMILES string of the molecule is COc1cc2nc(-c3cccc(N)c3O)[nH]c2cc1OC. The first-order valence-corrected chi connectivity index (χ1v) is 6.33. The van der Waals surface area contributed by atoms with Gasteiger partial charge in [-0.1, -0.05) is 6.07 Å². The van der Waals surface area contributed by atoms with E-state index >= 15 is 0 Å². The van der Waals surface area contributed by atoms with E-state index in [0.717, 1.165) is 5.52 Å². The fraction of sp³-hybridized carbons (Fsp3) is 0.133. The first-order chi connectivity index (χ1) is 10.1. The number of phenols is 1. The van der Waals surface area contributed by atoms with E-state index in [1.165, 1.54) is 0 Å². The molecule has 0 unspecified atom stereocenters. The molecule has 0 radical (unpaired) electrons. The van der Waals surface area contributed by atoms with Crippen LogP contribution in [0.1, 0.15) is 0 Å². The number of nitrogen functional groups attached to an aromatic ring is 1. The number of para-hydroxylation sites is 1. The van der Waals surface area contributed by atoms with Crippen LogP contribution in [0.5, 0.6) is 17.2 Å². The Morgan fingerprint density at radius 2 is 1.86 bits per heavy atom. The van der Waals surface area contributed by atoms with Crippen LogP contribution in [0.25, 0.3) is 22.4 Å². The Morgan fingerprint density at radius 3 is 2.57 bits per heavy atom. The van der Waals surface area contributed by atoms with Gasteiger partial charge in [-0.3, -0.25) is 0 Å². The number of nitrogens with two attached hydrogens (primary N) is 1. The Bertz CT molecular complexity index is 770. The second-order valence-electron chi connectivity index (χ2n) is 4.55. The number of nitrogens with zero attached hydrogens (tertiary/aromatic N) is 1. The van der Waals surface area contributed by atoms with Crippen LogP contribution < -0.4 is 15.2 Å². The fourth-order valence-corrected chi connectivity index (χ4v) is 2.22. The Balaban J connectivity index is 2.19. The Kier molecular flexibility index (Phi) is 3.06. The first-order valence-electron chi connectivity index (χ1n) is 6.33. The third kappa shape index (κ3) is 2.10. The molecule has 21 heavy (non-hydrogen) atoms. The summed E-state index contributed by atoms with van der Waals surface area (Å²) < 4.78 is 10.5. The van der Waals surface area contributed by atoms with Gasteiger partial charge in [0, 0.05) is 12.1 Å². The lowest BCUT2D eigenvalue weighted by atomic mass is 10.1. The number of anilines is 1. The molecule has 3 aromatic rings. The lowest BCUT2D eigenvalue weighted by Crippen LogP contribution is -1.89. The van der Waals surface area contributed by atoms with Gasteiger partial charge in [0.05, 0.1) is 36.5 Å². The van der Waals surface area contributed by atoms with E-state index in [0.29, 0.717) is 34.1 Å². The summed E-state index contributed by atoms with van der Waals surface area (Å²) in [6.07, 6.45) is 0. The van der Waals surface area contributed by atoms with Crippen molar-refractivity contribution in [1.82, 2.24) is 9.97 Å². The summed E-state index contributed by atoms with van der Waals surface area (Å²) in [7, 11) is 3.14. The van der Waals surface area contributed by atoms with Gasteiger partial charge in [-0.2, -0.15) is 0 Å². The highest BCUT2D eigenvalue weighted by Gasteiger charge is 2.14. The van der Waals surface area contributed by atoms with Crippen LogP contribution in [-0.2, 0) is 0 Å². The van der Waals surface area contributed by atoms with E-state index in [-0.39, 0.29) is 5.75 Å². The van der Waals surface area contributed by atoms with Gasteiger partial charge in [0.25, 0.3) is 0 Å². The van der Waals surface area contributed by atoms with E-state index in [4.69, 9.17) is 15.2 Å². The number of benzene rings is 2. The van der Waals surface area contributed by atoms with Gasteiger partial charge < -0.3 is 25.3 Å². The smallest absolute Gasteiger partial charge is 0.163 e. The Labute approximate surface area is 121 Å². The van der Waals surface area contributed by atoms with Crippen molar-refractivity contribution < 1.29 is 14.6 Å². The summed E-state index contributed by atoms with van der Waals surface area (Å²) in [6, 6.07) is 8.72. The standard InChI is InChI=1S/C15H15N3O3/c1-20-12-6-10-11(7-13(12)21-2)18-15(17-10)8-4-3-5-9(16)14(8)19/h3-7,19H,16H2,1-2H3,(H,17,18). The van der Waals surface area contributed by atoms with E-state index in [1.807, 2.05) is 0 Å². The summed E-state index contributed by atoms with van der Waals surface area (Å²) in [4.78, 5) is 7.61. The maximum atomic E-state index is 10.0. The number of H-pyrrole nitrogens is 1. The number of phenolic OH excluding ortho intramolecular Hbond substituents is 1. The fourth-order valence-electron chi connectivity index (χ4n) is 2.22. The highest BCUT2D eigenvalue weighted by Crippen LogP contribution is 2.36. The van der Waals surface area contributed by atoms with Crippen LogP contribution in [0.2, 0.25) is 0 Å². The van der Waals surface area contributed by atoms with Crippen LogP contribution in [0.4, 0.5) is 5.69 Å². The van der Waals surface area contributed by atoms with Crippen LogP contribution >= 0.6 is 0 Å². The Hall–Kier alpha value is -2.89. The summed E-state index contributed by atoms with van der Waals surface area (Å²) in [5.74, 6) is 1.75. The minimum atomic E-state index is 0.00971. The summed E-state index contributed by atoms with van der Waals surface area (Å²) in [5.41, 5.74) is 8.06. The lowest BCUT2D eigenvalue weighted by molar-refractivity contribution is 0.356. The molecule has 4 N–H and O–H groups in total. The summed E-state index contributed by atoms with van der Waals surface area (Å²) >= 11 is 0.